The van der Waals surface area contributed by atoms with E-state index in [4.69, 9.17) is 10.9 Å². The molecule has 0 aromatic rings. The number of amidine groups is 1. The van der Waals surface area contributed by atoms with Crippen LogP contribution in [0.1, 0.15) is 44.9 Å². The van der Waals surface area contributed by atoms with E-state index in [1.165, 1.54) is 32.1 Å². The molecule has 1 fully saturated rings. The first kappa shape index (κ1) is 12.8. The first-order chi connectivity index (χ1) is 7.72. The van der Waals surface area contributed by atoms with E-state index >= 15 is 0 Å². The number of nitrogens with two attached hydrogens (primary N) is 1. The summed E-state index contributed by atoms with van der Waals surface area (Å²) in [6.07, 6.45) is 7.60. The molecule has 0 aromatic heterocycles. The van der Waals surface area contributed by atoms with E-state index in [1.54, 1.807) is 0 Å². The number of oxime groups is 1. The first-order valence-corrected chi connectivity index (χ1v) is 5.95. The molecule has 5 nitrogen and oxygen atoms in total. The van der Waals surface area contributed by atoms with Gasteiger partial charge in [0.1, 0.15) is 5.84 Å². The Bertz CT molecular complexity index is 248. The van der Waals surface area contributed by atoms with Crippen LogP contribution in [0.3, 0.4) is 0 Å². The standard InChI is InChI=1S/C11H21N3O2/c12-10(14-16)8-11(15)13-7-3-6-9-4-1-2-5-9/h9,16H,1-8H2,(H2,12,14)(H,13,15). The Hall–Kier alpha value is -1.26. The van der Waals surface area contributed by atoms with Gasteiger partial charge in [-0.25, -0.2) is 0 Å². The first-order valence-electron chi connectivity index (χ1n) is 5.95. The number of hydrogen-bond acceptors (Lipinski definition) is 3. The molecular formula is C11H21N3O2. The van der Waals surface area contributed by atoms with Crippen molar-refractivity contribution in [3.8, 4) is 0 Å². The van der Waals surface area contributed by atoms with Gasteiger partial charge in [0.05, 0.1) is 6.42 Å². The van der Waals surface area contributed by atoms with Crippen molar-refractivity contribution in [2.24, 2.45) is 16.8 Å². The van der Waals surface area contributed by atoms with Gasteiger partial charge in [-0.15, -0.1) is 0 Å². The molecule has 5 heteroatoms. The van der Waals surface area contributed by atoms with Gasteiger partial charge in [0.2, 0.25) is 5.91 Å². The smallest absolute Gasteiger partial charge is 0.227 e. The van der Waals surface area contributed by atoms with Crippen molar-refractivity contribution in [1.82, 2.24) is 5.32 Å². The van der Waals surface area contributed by atoms with Gasteiger partial charge in [0.25, 0.3) is 0 Å². The predicted molar refractivity (Wildman–Crippen MR) is 62.2 cm³/mol. The Morgan fingerprint density at radius 1 is 1.44 bits per heavy atom. The summed E-state index contributed by atoms with van der Waals surface area (Å²) in [6, 6.07) is 0. The van der Waals surface area contributed by atoms with Gasteiger partial charge in [-0.2, -0.15) is 0 Å². The van der Waals surface area contributed by atoms with Gasteiger partial charge in [0, 0.05) is 6.54 Å². The van der Waals surface area contributed by atoms with E-state index in [1.807, 2.05) is 0 Å². The summed E-state index contributed by atoms with van der Waals surface area (Å²) in [5.74, 6) is 0.635. The normalized spacial score (nSPS) is 17.6. The van der Waals surface area contributed by atoms with Gasteiger partial charge >= 0.3 is 0 Å². The third-order valence-corrected chi connectivity index (χ3v) is 3.06. The van der Waals surface area contributed by atoms with Crippen molar-refractivity contribution in [2.45, 2.75) is 44.9 Å². The molecule has 0 radical (unpaired) electrons. The van der Waals surface area contributed by atoms with Crippen molar-refractivity contribution < 1.29 is 10.0 Å². The Morgan fingerprint density at radius 3 is 2.75 bits per heavy atom. The van der Waals surface area contributed by atoms with E-state index in [-0.39, 0.29) is 18.2 Å². The van der Waals surface area contributed by atoms with Crippen LogP contribution in [0, 0.1) is 5.92 Å². The number of rotatable bonds is 6. The lowest BCUT2D eigenvalue weighted by Crippen LogP contribution is -2.29. The fourth-order valence-corrected chi connectivity index (χ4v) is 2.18. The van der Waals surface area contributed by atoms with Gasteiger partial charge in [-0.05, 0) is 18.8 Å². The molecule has 0 spiro atoms. The minimum atomic E-state index is -0.179. The van der Waals surface area contributed by atoms with Crippen LogP contribution >= 0.6 is 0 Å². The topological polar surface area (TPSA) is 87.7 Å². The highest BCUT2D eigenvalue weighted by Crippen LogP contribution is 2.28. The van der Waals surface area contributed by atoms with Crippen molar-refractivity contribution in [1.29, 1.82) is 0 Å². The summed E-state index contributed by atoms with van der Waals surface area (Å²) in [5.41, 5.74) is 5.22. The zero-order chi connectivity index (χ0) is 11.8. The number of carbonyl (C=O) groups is 1. The highest BCUT2D eigenvalue weighted by molar-refractivity contribution is 5.98. The molecule has 1 saturated carbocycles. The second kappa shape index (κ2) is 7.09. The number of amides is 1. The average Bonchev–Trinajstić information content (AvgIpc) is 2.77. The summed E-state index contributed by atoms with van der Waals surface area (Å²) in [5, 5.41) is 13.8. The second-order valence-electron chi connectivity index (χ2n) is 4.41. The van der Waals surface area contributed by atoms with Gasteiger partial charge < -0.3 is 16.3 Å². The quantitative estimate of drug-likeness (QED) is 0.209. The molecule has 4 N–H and O–H groups in total. The van der Waals surface area contributed by atoms with E-state index < -0.39 is 0 Å². The molecule has 1 aliphatic rings. The summed E-state index contributed by atoms with van der Waals surface area (Å²) in [7, 11) is 0. The average molecular weight is 227 g/mol. The molecule has 0 atom stereocenters. The Balaban J connectivity index is 1.99. The van der Waals surface area contributed by atoms with Crippen LogP contribution in [0.25, 0.3) is 0 Å². The fraction of sp³-hybridized carbons (Fsp3) is 0.818. The zero-order valence-corrected chi connectivity index (χ0v) is 9.61. The Morgan fingerprint density at radius 2 is 2.12 bits per heavy atom. The molecule has 16 heavy (non-hydrogen) atoms. The van der Waals surface area contributed by atoms with Crippen molar-refractivity contribution >= 4 is 11.7 Å². The molecule has 0 heterocycles. The van der Waals surface area contributed by atoms with E-state index in [9.17, 15) is 4.79 Å². The maximum atomic E-state index is 11.2. The lowest BCUT2D eigenvalue weighted by molar-refractivity contribution is -0.119. The monoisotopic (exact) mass is 227 g/mol. The SMILES string of the molecule is NC(CC(=O)NCCCC1CCCC1)=NO. The Kier molecular flexibility index (Phi) is 5.67. The molecule has 0 aromatic carbocycles. The van der Waals surface area contributed by atoms with E-state index in [0.29, 0.717) is 6.54 Å². The number of hydrogen-bond donors (Lipinski definition) is 3. The van der Waals surface area contributed by atoms with Crippen LogP contribution in [0.5, 0.6) is 0 Å². The van der Waals surface area contributed by atoms with Crippen LogP contribution < -0.4 is 11.1 Å². The molecule has 0 bridgehead atoms. The molecule has 0 saturated heterocycles. The van der Waals surface area contributed by atoms with E-state index in [0.717, 1.165) is 12.3 Å². The lowest BCUT2D eigenvalue weighted by atomic mass is 10.0. The maximum absolute atomic E-state index is 11.2. The van der Waals surface area contributed by atoms with Crippen molar-refractivity contribution in [3.63, 3.8) is 0 Å². The van der Waals surface area contributed by atoms with Crippen LogP contribution in [-0.4, -0.2) is 23.5 Å². The molecule has 1 amide bonds. The fourth-order valence-electron chi connectivity index (χ4n) is 2.18. The summed E-state index contributed by atoms with van der Waals surface area (Å²) in [6.45, 7) is 0.689. The maximum Gasteiger partial charge on any atom is 0.227 e. The summed E-state index contributed by atoms with van der Waals surface area (Å²) >= 11 is 0. The minimum Gasteiger partial charge on any atom is -0.409 e. The van der Waals surface area contributed by atoms with Crippen LogP contribution in [0.4, 0.5) is 0 Å². The minimum absolute atomic E-state index is 0.0278. The number of carbonyl (C=O) groups excluding carboxylic acids is 1. The second-order valence-corrected chi connectivity index (χ2v) is 4.41. The Labute approximate surface area is 96.1 Å². The summed E-state index contributed by atoms with van der Waals surface area (Å²) < 4.78 is 0. The third kappa shape index (κ3) is 5.00. The largest absolute Gasteiger partial charge is 0.409 e. The molecule has 92 valence electrons. The summed E-state index contributed by atoms with van der Waals surface area (Å²) in [4.78, 5) is 11.2. The highest BCUT2D eigenvalue weighted by Gasteiger charge is 2.14. The zero-order valence-electron chi connectivity index (χ0n) is 9.61. The number of nitrogens with zero attached hydrogens (tertiary/aromatic N) is 1. The van der Waals surface area contributed by atoms with E-state index in [2.05, 4.69) is 10.5 Å². The third-order valence-electron chi connectivity index (χ3n) is 3.06. The molecule has 1 rings (SSSR count). The van der Waals surface area contributed by atoms with Gasteiger partial charge in [-0.1, -0.05) is 30.8 Å². The highest BCUT2D eigenvalue weighted by atomic mass is 16.4. The molecule has 0 aliphatic heterocycles. The van der Waals surface area contributed by atoms with Gasteiger partial charge in [0.15, 0.2) is 0 Å². The molecule has 0 unspecified atom stereocenters. The molecule has 1 aliphatic carbocycles. The predicted octanol–water partition coefficient (Wildman–Crippen LogP) is 1.21. The van der Waals surface area contributed by atoms with Crippen LogP contribution in [0.2, 0.25) is 0 Å². The van der Waals surface area contributed by atoms with Crippen LogP contribution in [-0.2, 0) is 4.79 Å². The van der Waals surface area contributed by atoms with Crippen molar-refractivity contribution in [2.75, 3.05) is 6.54 Å². The number of nitrogens with one attached hydrogen (secondary N) is 1. The molecular weight excluding hydrogens is 206 g/mol. The van der Waals surface area contributed by atoms with Crippen molar-refractivity contribution in [3.05, 3.63) is 0 Å². The van der Waals surface area contributed by atoms with Crippen LogP contribution in [0.15, 0.2) is 5.16 Å². The lowest BCUT2D eigenvalue weighted by Gasteiger charge is -2.09. The van der Waals surface area contributed by atoms with Gasteiger partial charge in [-0.3, -0.25) is 4.79 Å².